The molecule has 0 fully saturated rings. The van der Waals surface area contributed by atoms with Crippen LogP contribution in [-0.2, 0) is 6.42 Å². The van der Waals surface area contributed by atoms with Crippen LogP contribution in [0.2, 0.25) is 4.34 Å². The van der Waals surface area contributed by atoms with Gasteiger partial charge in [-0.2, -0.15) is 0 Å². The van der Waals surface area contributed by atoms with Crippen molar-refractivity contribution in [3.8, 4) is 0 Å². The van der Waals surface area contributed by atoms with Crippen LogP contribution < -0.4 is 5.32 Å². The minimum Gasteiger partial charge on any atom is -0.352 e. The van der Waals surface area contributed by atoms with Gasteiger partial charge in [0, 0.05) is 17.0 Å². The first-order valence-corrected chi connectivity index (χ1v) is 7.52. The minimum atomic E-state index is -0.384. The zero-order valence-electron chi connectivity index (χ0n) is 9.75. The first-order valence-electron chi connectivity index (χ1n) is 5.54. The van der Waals surface area contributed by atoms with Gasteiger partial charge < -0.3 is 5.32 Å². The fourth-order valence-electron chi connectivity index (χ4n) is 1.52. The van der Waals surface area contributed by atoms with Crippen LogP contribution in [0.25, 0.3) is 0 Å². The topological polar surface area (TPSA) is 29.1 Å². The molecule has 100 valence electrons. The summed E-state index contributed by atoms with van der Waals surface area (Å²) >= 11 is 10.4. The van der Waals surface area contributed by atoms with Crippen molar-refractivity contribution in [3.63, 3.8) is 0 Å². The summed E-state index contributed by atoms with van der Waals surface area (Å²) in [6, 6.07) is 7.95. The number of hydrogen-bond acceptors (Lipinski definition) is 2. The van der Waals surface area contributed by atoms with Gasteiger partial charge in [0.25, 0.3) is 5.91 Å². The zero-order valence-corrected chi connectivity index (χ0v) is 12.9. The number of halogens is 3. The van der Waals surface area contributed by atoms with Crippen molar-refractivity contribution in [1.82, 2.24) is 5.32 Å². The molecule has 0 atom stereocenters. The van der Waals surface area contributed by atoms with E-state index in [-0.39, 0.29) is 16.2 Å². The molecule has 0 spiro atoms. The van der Waals surface area contributed by atoms with E-state index in [2.05, 4.69) is 21.2 Å². The van der Waals surface area contributed by atoms with Gasteiger partial charge in [-0.1, -0.05) is 11.6 Å². The molecule has 1 aromatic carbocycles. The third kappa shape index (κ3) is 4.03. The lowest BCUT2D eigenvalue weighted by Crippen LogP contribution is -2.25. The molecule has 19 heavy (non-hydrogen) atoms. The van der Waals surface area contributed by atoms with Gasteiger partial charge in [0.15, 0.2) is 0 Å². The summed E-state index contributed by atoms with van der Waals surface area (Å²) in [7, 11) is 0. The molecule has 1 amide bonds. The highest BCUT2D eigenvalue weighted by Gasteiger charge is 2.08. The maximum Gasteiger partial charge on any atom is 0.251 e. The number of rotatable bonds is 4. The van der Waals surface area contributed by atoms with Crippen molar-refractivity contribution < 1.29 is 9.18 Å². The number of carbonyl (C=O) groups excluding carboxylic acids is 1. The Morgan fingerprint density at radius 3 is 2.79 bits per heavy atom. The molecule has 0 aliphatic carbocycles. The molecule has 0 aliphatic rings. The monoisotopic (exact) mass is 361 g/mol. The molecule has 0 saturated heterocycles. The van der Waals surface area contributed by atoms with E-state index in [9.17, 15) is 9.18 Å². The van der Waals surface area contributed by atoms with Gasteiger partial charge in [0.2, 0.25) is 0 Å². The highest BCUT2D eigenvalue weighted by Crippen LogP contribution is 2.21. The second-order valence-electron chi connectivity index (χ2n) is 3.84. The molecular formula is C13H10BrClFNOS. The third-order valence-electron chi connectivity index (χ3n) is 2.47. The average molecular weight is 363 g/mol. The Kier molecular flexibility index (Phi) is 4.96. The van der Waals surface area contributed by atoms with Crippen molar-refractivity contribution in [1.29, 1.82) is 0 Å². The maximum absolute atomic E-state index is 13.0. The Bertz CT molecular complexity index is 602. The number of thiophene rings is 1. The lowest BCUT2D eigenvalue weighted by molar-refractivity contribution is 0.0954. The Labute approximate surface area is 127 Å². The van der Waals surface area contributed by atoms with E-state index in [1.54, 1.807) is 0 Å². The van der Waals surface area contributed by atoms with Crippen molar-refractivity contribution in [2.45, 2.75) is 6.42 Å². The summed E-state index contributed by atoms with van der Waals surface area (Å²) in [5.41, 5.74) is 0.428. The van der Waals surface area contributed by atoms with Crippen LogP contribution >= 0.6 is 38.9 Å². The molecule has 6 heteroatoms. The fourth-order valence-corrected chi connectivity index (χ4v) is 2.99. The summed E-state index contributed by atoms with van der Waals surface area (Å²) in [4.78, 5) is 12.9. The Morgan fingerprint density at radius 1 is 1.37 bits per heavy atom. The molecule has 1 N–H and O–H groups in total. The first kappa shape index (κ1) is 14.5. The normalized spacial score (nSPS) is 10.5. The van der Waals surface area contributed by atoms with Gasteiger partial charge in [-0.3, -0.25) is 4.79 Å². The summed E-state index contributed by atoms with van der Waals surface area (Å²) in [6.07, 6.45) is 0.728. The van der Waals surface area contributed by atoms with Crippen LogP contribution in [0, 0.1) is 5.82 Å². The number of amides is 1. The second kappa shape index (κ2) is 6.50. The van der Waals surface area contributed by atoms with Crippen LogP contribution in [0.4, 0.5) is 4.39 Å². The van der Waals surface area contributed by atoms with Crippen LogP contribution in [0.3, 0.4) is 0 Å². The van der Waals surface area contributed by atoms with E-state index in [1.165, 1.54) is 29.5 Å². The predicted molar refractivity (Wildman–Crippen MR) is 79.5 cm³/mol. The molecule has 0 bridgehead atoms. The standard InChI is InChI=1S/C13H10BrClFNOS/c14-10-7-8(1-3-11(10)16)13(18)17-6-5-9-2-4-12(15)19-9/h1-4,7H,5-6H2,(H,17,18). The first-order chi connectivity index (χ1) is 9.06. The van der Waals surface area contributed by atoms with E-state index < -0.39 is 0 Å². The van der Waals surface area contributed by atoms with Gasteiger partial charge >= 0.3 is 0 Å². The smallest absolute Gasteiger partial charge is 0.251 e. The second-order valence-corrected chi connectivity index (χ2v) is 6.49. The predicted octanol–water partition coefficient (Wildman–Crippen LogP) is 4.28. The quantitative estimate of drug-likeness (QED) is 0.864. The van der Waals surface area contributed by atoms with Gasteiger partial charge in [0.05, 0.1) is 8.81 Å². The molecule has 0 aliphatic heterocycles. The Balaban J connectivity index is 1.89. The van der Waals surface area contributed by atoms with Crippen molar-refractivity contribution >= 4 is 44.8 Å². The Morgan fingerprint density at radius 2 is 2.16 bits per heavy atom. The average Bonchev–Trinajstić information content (AvgIpc) is 2.78. The van der Waals surface area contributed by atoms with E-state index in [4.69, 9.17) is 11.6 Å². The molecule has 1 aromatic heterocycles. The number of hydrogen-bond donors (Lipinski definition) is 1. The number of benzene rings is 1. The lowest BCUT2D eigenvalue weighted by atomic mass is 10.2. The number of carbonyl (C=O) groups is 1. The molecule has 1 heterocycles. The summed E-state index contributed by atoms with van der Waals surface area (Å²) in [6.45, 7) is 0.519. The summed E-state index contributed by atoms with van der Waals surface area (Å²) in [5, 5.41) is 2.78. The van der Waals surface area contributed by atoms with E-state index in [0.717, 1.165) is 15.6 Å². The molecule has 0 unspecified atom stereocenters. The van der Waals surface area contributed by atoms with Crippen molar-refractivity contribution in [2.75, 3.05) is 6.54 Å². The van der Waals surface area contributed by atoms with E-state index in [0.29, 0.717) is 12.1 Å². The molecule has 2 nitrogen and oxygen atoms in total. The van der Waals surface area contributed by atoms with Gasteiger partial charge in [0.1, 0.15) is 5.82 Å². The Hall–Kier alpha value is -0.910. The van der Waals surface area contributed by atoms with Crippen LogP contribution in [0.15, 0.2) is 34.8 Å². The molecule has 2 rings (SSSR count). The van der Waals surface area contributed by atoms with Gasteiger partial charge in [-0.25, -0.2) is 4.39 Å². The lowest BCUT2D eigenvalue weighted by Gasteiger charge is -2.05. The fraction of sp³-hybridized carbons (Fsp3) is 0.154. The highest BCUT2D eigenvalue weighted by atomic mass is 79.9. The van der Waals surface area contributed by atoms with Crippen LogP contribution in [-0.4, -0.2) is 12.5 Å². The summed E-state index contributed by atoms with van der Waals surface area (Å²) < 4.78 is 14.1. The third-order valence-corrected chi connectivity index (χ3v) is 4.37. The zero-order chi connectivity index (χ0) is 13.8. The van der Waals surface area contributed by atoms with Crippen LogP contribution in [0.5, 0.6) is 0 Å². The minimum absolute atomic E-state index is 0.219. The van der Waals surface area contributed by atoms with Gasteiger partial charge in [-0.05, 0) is 52.7 Å². The molecule has 0 radical (unpaired) electrons. The van der Waals surface area contributed by atoms with E-state index in [1.807, 2.05) is 12.1 Å². The maximum atomic E-state index is 13.0. The van der Waals surface area contributed by atoms with Crippen molar-refractivity contribution in [2.24, 2.45) is 0 Å². The largest absolute Gasteiger partial charge is 0.352 e. The SMILES string of the molecule is O=C(NCCc1ccc(Cl)s1)c1ccc(F)c(Br)c1. The molecule has 2 aromatic rings. The van der Waals surface area contributed by atoms with Gasteiger partial charge in [-0.15, -0.1) is 11.3 Å². The van der Waals surface area contributed by atoms with E-state index >= 15 is 0 Å². The summed E-state index contributed by atoms with van der Waals surface area (Å²) in [5.74, 6) is -0.604. The highest BCUT2D eigenvalue weighted by molar-refractivity contribution is 9.10. The van der Waals surface area contributed by atoms with Crippen molar-refractivity contribution in [3.05, 3.63) is 55.4 Å². The molecular weight excluding hydrogens is 353 g/mol. The van der Waals surface area contributed by atoms with Crippen LogP contribution in [0.1, 0.15) is 15.2 Å². The number of nitrogens with one attached hydrogen (secondary N) is 1. The molecule has 0 saturated carbocycles.